The summed E-state index contributed by atoms with van der Waals surface area (Å²) in [6.07, 6.45) is 0. The summed E-state index contributed by atoms with van der Waals surface area (Å²) >= 11 is 1.44. The van der Waals surface area contributed by atoms with Crippen molar-refractivity contribution in [1.82, 2.24) is 0 Å². The molecule has 0 aromatic heterocycles. The van der Waals surface area contributed by atoms with Crippen molar-refractivity contribution in [2.45, 2.75) is 17.1 Å². The van der Waals surface area contributed by atoms with Gasteiger partial charge in [-0.05, 0) is 61.0 Å². The average Bonchev–Trinajstić information content (AvgIpc) is 2.93. The van der Waals surface area contributed by atoms with Gasteiger partial charge < -0.3 is 20.1 Å². The van der Waals surface area contributed by atoms with E-state index in [2.05, 4.69) is 10.6 Å². The molecule has 0 fully saturated rings. The van der Waals surface area contributed by atoms with E-state index in [1.807, 2.05) is 79.7 Å². The van der Waals surface area contributed by atoms with Crippen LogP contribution < -0.4 is 20.1 Å². The van der Waals surface area contributed by atoms with Crippen LogP contribution in [0.5, 0.6) is 11.5 Å². The van der Waals surface area contributed by atoms with E-state index in [1.54, 1.807) is 24.3 Å². The first-order valence-corrected chi connectivity index (χ1v) is 12.8. The minimum absolute atomic E-state index is 0.148. The van der Waals surface area contributed by atoms with Gasteiger partial charge in [-0.3, -0.25) is 9.59 Å². The molecule has 0 aliphatic carbocycles. The summed E-state index contributed by atoms with van der Waals surface area (Å²) in [7, 11) is 0. The fourth-order valence-electron chi connectivity index (χ4n) is 3.89. The smallest absolute Gasteiger partial charge is 0.255 e. The lowest BCUT2D eigenvalue weighted by Crippen LogP contribution is -2.20. The third-order valence-electron chi connectivity index (χ3n) is 5.83. The number of aryl methyl sites for hydroxylation is 1. The van der Waals surface area contributed by atoms with Crippen LogP contribution in [0, 0.1) is 6.92 Å². The number of anilines is 2. The molecule has 0 saturated carbocycles. The first-order valence-electron chi connectivity index (χ1n) is 12.0. The number of rotatable bonds is 7. The molecule has 0 spiro atoms. The molecule has 1 aliphatic rings. The van der Waals surface area contributed by atoms with Gasteiger partial charge in [0.2, 0.25) is 5.91 Å². The Bertz CT molecular complexity index is 1390. The molecule has 2 N–H and O–H groups in total. The molecular weight excluding hydrogens is 484 g/mol. The molecule has 0 bridgehead atoms. The van der Waals surface area contributed by atoms with Crippen molar-refractivity contribution in [3.8, 4) is 11.5 Å². The summed E-state index contributed by atoms with van der Waals surface area (Å²) in [5.41, 5.74) is 3.92. The Labute approximate surface area is 220 Å². The van der Waals surface area contributed by atoms with Crippen molar-refractivity contribution in [1.29, 1.82) is 0 Å². The standard InChI is InChI=1S/C30H26N2O4S/c1-20-7-9-22(10-8-20)29(33)31-23-11-14-25(15-12-23)37-28(21-5-3-2-4-6-21)30(34)32-24-13-16-26-27(19-24)36-18-17-35-26/h2-16,19,28H,17-18H2,1H3,(H,31,33)(H,32,34). The van der Waals surface area contributed by atoms with Crippen LogP contribution in [0.2, 0.25) is 0 Å². The van der Waals surface area contributed by atoms with Gasteiger partial charge in [0.25, 0.3) is 5.91 Å². The van der Waals surface area contributed by atoms with Crippen molar-refractivity contribution in [2.24, 2.45) is 0 Å². The SMILES string of the molecule is Cc1ccc(C(=O)Nc2ccc(SC(C(=O)Nc3ccc4c(c3)OCCO4)c3ccccc3)cc2)cc1. The zero-order chi connectivity index (χ0) is 25.6. The first-order chi connectivity index (χ1) is 18.0. The van der Waals surface area contributed by atoms with Crippen molar-refractivity contribution in [3.05, 3.63) is 114 Å². The van der Waals surface area contributed by atoms with E-state index in [4.69, 9.17) is 9.47 Å². The molecule has 7 heteroatoms. The number of hydrogen-bond donors (Lipinski definition) is 2. The molecule has 37 heavy (non-hydrogen) atoms. The molecule has 4 aromatic rings. The van der Waals surface area contributed by atoms with Crippen molar-refractivity contribution in [3.63, 3.8) is 0 Å². The maximum atomic E-state index is 13.4. The number of nitrogens with one attached hydrogen (secondary N) is 2. The number of thioether (sulfide) groups is 1. The van der Waals surface area contributed by atoms with Crippen LogP contribution in [0.1, 0.15) is 26.7 Å². The van der Waals surface area contributed by atoms with Crippen LogP contribution in [0.4, 0.5) is 11.4 Å². The summed E-state index contributed by atoms with van der Waals surface area (Å²) < 4.78 is 11.2. The second kappa shape index (κ2) is 11.2. The van der Waals surface area contributed by atoms with Crippen LogP contribution in [0.15, 0.2) is 102 Å². The monoisotopic (exact) mass is 510 g/mol. The van der Waals surface area contributed by atoms with Gasteiger partial charge in [0.1, 0.15) is 18.5 Å². The lowest BCUT2D eigenvalue weighted by molar-refractivity contribution is -0.115. The largest absolute Gasteiger partial charge is 0.486 e. The molecule has 0 radical (unpaired) electrons. The number of benzene rings is 4. The second-order valence-electron chi connectivity index (χ2n) is 8.60. The van der Waals surface area contributed by atoms with E-state index in [-0.39, 0.29) is 11.8 Å². The first kappa shape index (κ1) is 24.5. The Hall–Kier alpha value is -4.23. The van der Waals surface area contributed by atoms with Gasteiger partial charge in [-0.25, -0.2) is 0 Å². The number of carbonyl (C=O) groups excluding carboxylic acids is 2. The van der Waals surface area contributed by atoms with E-state index in [9.17, 15) is 9.59 Å². The Morgan fingerprint density at radius 2 is 1.43 bits per heavy atom. The quantitative estimate of drug-likeness (QED) is 0.278. The second-order valence-corrected chi connectivity index (χ2v) is 9.78. The van der Waals surface area contributed by atoms with Gasteiger partial charge in [-0.1, -0.05) is 48.0 Å². The summed E-state index contributed by atoms with van der Waals surface area (Å²) in [6.45, 7) is 2.98. The lowest BCUT2D eigenvalue weighted by Gasteiger charge is -2.20. The van der Waals surface area contributed by atoms with Gasteiger partial charge in [0, 0.05) is 27.9 Å². The average molecular weight is 511 g/mol. The highest BCUT2D eigenvalue weighted by Crippen LogP contribution is 2.38. The van der Waals surface area contributed by atoms with Gasteiger partial charge in [0.15, 0.2) is 11.5 Å². The van der Waals surface area contributed by atoms with Crippen molar-refractivity contribution < 1.29 is 19.1 Å². The van der Waals surface area contributed by atoms with Crippen LogP contribution in [-0.2, 0) is 4.79 Å². The van der Waals surface area contributed by atoms with Crippen molar-refractivity contribution in [2.75, 3.05) is 23.8 Å². The maximum Gasteiger partial charge on any atom is 0.255 e. The Morgan fingerprint density at radius 3 is 2.16 bits per heavy atom. The summed E-state index contributed by atoms with van der Waals surface area (Å²) in [5.74, 6) is 0.982. The molecular formula is C30H26N2O4S. The summed E-state index contributed by atoms with van der Waals surface area (Å²) in [4.78, 5) is 26.9. The van der Waals surface area contributed by atoms with Crippen LogP contribution in [-0.4, -0.2) is 25.0 Å². The topological polar surface area (TPSA) is 76.7 Å². The third-order valence-corrected chi connectivity index (χ3v) is 7.10. The maximum absolute atomic E-state index is 13.4. The lowest BCUT2D eigenvalue weighted by atomic mass is 10.1. The summed E-state index contributed by atoms with van der Waals surface area (Å²) in [5, 5.41) is 5.45. The molecule has 5 rings (SSSR count). The zero-order valence-electron chi connectivity index (χ0n) is 20.3. The predicted molar refractivity (Wildman–Crippen MR) is 147 cm³/mol. The fraction of sp³-hybridized carbons (Fsp3) is 0.133. The minimum Gasteiger partial charge on any atom is -0.486 e. The van der Waals surface area contributed by atoms with E-state index < -0.39 is 5.25 Å². The Kier molecular flexibility index (Phi) is 7.42. The van der Waals surface area contributed by atoms with E-state index in [1.165, 1.54) is 11.8 Å². The molecule has 0 saturated heterocycles. The predicted octanol–water partition coefficient (Wildman–Crippen LogP) is 6.49. The van der Waals surface area contributed by atoms with E-state index in [0.29, 0.717) is 41.7 Å². The normalized spacial score (nSPS) is 12.9. The van der Waals surface area contributed by atoms with Crippen LogP contribution in [0.3, 0.4) is 0 Å². The van der Waals surface area contributed by atoms with E-state index >= 15 is 0 Å². The Balaban J connectivity index is 1.30. The number of fused-ring (bicyclic) bond motifs is 1. The fourth-order valence-corrected chi connectivity index (χ4v) is 4.92. The highest BCUT2D eigenvalue weighted by Gasteiger charge is 2.23. The van der Waals surface area contributed by atoms with Gasteiger partial charge in [0.05, 0.1) is 0 Å². The zero-order valence-corrected chi connectivity index (χ0v) is 21.1. The third kappa shape index (κ3) is 6.13. The van der Waals surface area contributed by atoms with E-state index in [0.717, 1.165) is 16.0 Å². The molecule has 1 atom stereocenters. The molecule has 1 unspecified atom stereocenters. The van der Waals surface area contributed by atoms with Crippen LogP contribution in [0.25, 0.3) is 0 Å². The van der Waals surface area contributed by atoms with Crippen LogP contribution >= 0.6 is 11.8 Å². The van der Waals surface area contributed by atoms with Gasteiger partial charge in [-0.15, -0.1) is 11.8 Å². The van der Waals surface area contributed by atoms with Crippen molar-refractivity contribution >= 4 is 35.0 Å². The highest BCUT2D eigenvalue weighted by atomic mass is 32.2. The molecule has 186 valence electrons. The minimum atomic E-state index is -0.484. The summed E-state index contributed by atoms with van der Waals surface area (Å²) in [6, 6.07) is 30.0. The molecule has 1 heterocycles. The number of hydrogen-bond acceptors (Lipinski definition) is 5. The highest BCUT2D eigenvalue weighted by molar-refractivity contribution is 8.00. The van der Waals surface area contributed by atoms with Gasteiger partial charge >= 0.3 is 0 Å². The number of ether oxygens (including phenoxy) is 2. The molecule has 4 aromatic carbocycles. The Morgan fingerprint density at radius 1 is 0.757 bits per heavy atom. The molecule has 6 nitrogen and oxygen atoms in total. The molecule has 1 aliphatic heterocycles. The number of amides is 2. The number of carbonyl (C=O) groups is 2. The molecule has 2 amide bonds. The van der Waals surface area contributed by atoms with Gasteiger partial charge in [-0.2, -0.15) is 0 Å².